The topological polar surface area (TPSA) is 0 Å². The molecule has 66 valence electrons. The molecule has 0 unspecified atom stereocenters. The molecule has 1 aromatic heterocycles. The quantitative estimate of drug-likeness (QED) is 0.669. The van der Waals surface area contributed by atoms with E-state index in [2.05, 4.69) is 26.6 Å². The minimum atomic E-state index is 1.20. The summed E-state index contributed by atoms with van der Waals surface area (Å²) in [5.74, 6) is 2.39. The van der Waals surface area contributed by atoms with Gasteiger partial charge in [-0.1, -0.05) is 20.8 Å². The number of aryl methyl sites for hydroxylation is 2. The molecule has 0 fully saturated rings. The van der Waals surface area contributed by atoms with Gasteiger partial charge in [-0.3, -0.25) is 0 Å². The normalized spacial score (nSPS) is 11.6. The second kappa shape index (κ2) is 4.95. The summed E-state index contributed by atoms with van der Waals surface area (Å²) in [5, 5.41) is 1.67. The second-order valence-electron chi connectivity index (χ2n) is 2.86. The zero-order chi connectivity index (χ0) is 8.97. The Morgan fingerprint density at radius 3 is 2.33 bits per heavy atom. The van der Waals surface area contributed by atoms with Crippen molar-refractivity contribution in [2.45, 2.75) is 40.0 Å². The van der Waals surface area contributed by atoms with E-state index in [1.54, 1.807) is 16.4 Å². The lowest BCUT2D eigenvalue weighted by molar-refractivity contribution is 1.01. The molecule has 0 aliphatic heterocycles. The molecule has 1 heterocycles. The van der Waals surface area contributed by atoms with Crippen molar-refractivity contribution in [1.82, 2.24) is 0 Å². The summed E-state index contributed by atoms with van der Waals surface area (Å²) in [4.78, 5) is 0. The van der Waals surface area contributed by atoms with Crippen LogP contribution in [0.1, 0.15) is 37.2 Å². The van der Waals surface area contributed by atoms with Crippen LogP contribution in [0.3, 0.4) is 0 Å². The summed E-state index contributed by atoms with van der Waals surface area (Å²) < 4.78 is 0. The van der Waals surface area contributed by atoms with Gasteiger partial charge in [-0.2, -0.15) is 0 Å². The van der Waals surface area contributed by atoms with Crippen LogP contribution in [0.2, 0.25) is 0 Å². The van der Waals surface area contributed by atoms with Gasteiger partial charge in [-0.25, -0.2) is 0 Å². The molecule has 0 aromatic carbocycles. The van der Waals surface area contributed by atoms with E-state index in [1.807, 2.05) is 0 Å². The van der Waals surface area contributed by atoms with E-state index in [-0.39, 0.29) is 0 Å². The Bertz CT molecular complexity index is 234. The van der Waals surface area contributed by atoms with Gasteiger partial charge in [0.25, 0.3) is 0 Å². The number of hydrogen-bond donors (Lipinski definition) is 0. The molecule has 0 N–H and O–H groups in total. The van der Waals surface area contributed by atoms with Crippen LogP contribution in [0.4, 0.5) is 0 Å². The van der Waals surface area contributed by atoms with Crippen LogP contribution in [0.25, 0.3) is 0 Å². The van der Waals surface area contributed by atoms with E-state index in [1.165, 1.54) is 35.0 Å². The molecule has 12 heavy (non-hydrogen) atoms. The maximum atomic E-state index is 2.39. The first-order valence-electron chi connectivity index (χ1n) is 4.65. The number of hydrogen-bond acceptors (Lipinski definition) is 0. The first-order valence-corrected chi connectivity index (χ1v) is 7.22. The third kappa shape index (κ3) is 2.06. The van der Waals surface area contributed by atoms with Crippen LogP contribution in [-0.4, -0.2) is 0 Å². The molecule has 0 bridgehead atoms. The van der Waals surface area contributed by atoms with Crippen molar-refractivity contribution >= 4 is 15.7 Å². The SMILES string of the molecule is CCc1cppc(CC)c1CC. The molecule has 0 aliphatic carbocycles. The first kappa shape index (κ1) is 10.2. The number of rotatable bonds is 3. The van der Waals surface area contributed by atoms with Crippen LogP contribution < -0.4 is 0 Å². The van der Waals surface area contributed by atoms with E-state index in [0.29, 0.717) is 0 Å². The largest absolute Gasteiger partial charge is 0.0613 e. The Hall–Kier alpha value is 0.0800. The van der Waals surface area contributed by atoms with E-state index < -0.39 is 0 Å². The highest BCUT2D eigenvalue weighted by Crippen LogP contribution is 2.32. The van der Waals surface area contributed by atoms with Crippen molar-refractivity contribution < 1.29 is 0 Å². The molecule has 0 aliphatic rings. The Balaban J connectivity index is 3.13. The van der Waals surface area contributed by atoms with Crippen LogP contribution in [0.15, 0.2) is 5.80 Å². The minimum Gasteiger partial charge on any atom is -0.0613 e. The fourth-order valence-electron chi connectivity index (χ4n) is 1.51. The van der Waals surface area contributed by atoms with Crippen molar-refractivity contribution in [1.29, 1.82) is 0 Å². The van der Waals surface area contributed by atoms with Crippen LogP contribution >= 0.6 is 15.7 Å². The van der Waals surface area contributed by atoms with Crippen molar-refractivity contribution in [3.8, 4) is 0 Å². The Kier molecular flexibility index (Phi) is 4.19. The van der Waals surface area contributed by atoms with E-state index >= 15 is 0 Å². The Labute approximate surface area is 78.5 Å². The predicted octanol–water partition coefficient (Wildman–Crippen LogP) is 4.53. The summed E-state index contributed by atoms with van der Waals surface area (Å²) in [6.45, 7) is 6.80. The summed E-state index contributed by atoms with van der Waals surface area (Å²) >= 11 is 0. The summed E-state index contributed by atoms with van der Waals surface area (Å²) in [5.41, 5.74) is 3.23. The van der Waals surface area contributed by atoms with Gasteiger partial charge in [0.1, 0.15) is 0 Å². The van der Waals surface area contributed by atoms with E-state index in [9.17, 15) is 0 Å². The summed E-state index contributed by atoms with van der Waals surface area (Å²) in [6, 6.07) is 0. The molecular weight excluding hydrogens is 182 g/mol. The van der Waals surface area contributed by atoms with E-state index in [0.717, 1.165) is 0 Å². The summed E-state index contributed by atoms with van der Waals surface area (Å²) in [6.07, 6.45) is 3.65. The molecule has 0 spiro atoms. The zero-order valence-corrected chi connectivity index (χ0v) is 9.88. The molecule has 1 rings (SSSR count). The maximum absolute atomic E-state index is 2.39. The van der Waals surface area contributed by atoms with Gasteiger partial charge in [0.05, 0.1) is 0 Å². The van der Waals surface area contributed by atoms with Crippen LogP contribution in [-0.2, 0) is 19.3 Å². The molecular formula is C10H16P2. The Morgan fingerprint density at radius 2 is 1.83 bits per heavy atom. The lowest BCUT2D eigenvalue weighted by Gasteiger charge is -2.09. The van der Waals surface area contributed by atoms with Crippen LogP contribution in [0.5, 0.6) is 0 Å². The molecule has 0 atom stereocenters. The average Bonchev–Trinajstić information content (AvgIpc) is 2.16. The fourth-order valence-corrected chi connectivity index (χ4v) is 4.55. The third-order valence-corrected chi connectivity index (χ3v) is 4.98. The molecule has 0 saturated carbocycles. The van der Waals surface area contributed by atoms with Crippen molar-refractivity contribution in [3.05, 3.63) is 22.2 Å². The Morgan fingerprint density at radius 1 is 1.08 bits per heavy atom. The van der Waals surface area contributed by atoms with Crippen LogP contribution in [0, 0.1) is 0 Å². The standard InChI is InChI=1S/C10H16P2/c1-4-8-7-11-12-10(6-3)9(8)5-2/h7H,4-6H2,1-3H3. The van der Waals surface area contributed by atoms with Crippen molar-refractivity contribution in [3.63, 3.8) is 0 Å². The highest BCUT2D eigenvalue weighted by Gasteiger charge is 2.03. The van der Waals surface area contributed by atoms with Crippen molar-refractivity contribution in [2.75, 3.05) is 0 Å². The zero-order valence-electron chi connectivity index (χ0n) is 8.09. The van der Waals surface area contributed by atoms with Gasteiger partial charge in [-0.05, 0) is 57.2 Å². The maximum Gasteiger partial charge on any atom is -0.0129 e. The third-order valence-electron chi connectivity index (χ3n) is 2.20. The van der Waals surface area contributed by atoms with Gasteiger partial charge in [0, 0.05) is 0 Å². The molecule has 2 heteroatoms. The lowest BCUT2D eigenvalue weighted by atomic mass is 10.1. The first-order chi connectivity index (χ1) is 5.83. The van der Waals surface area contributed by atoms with Gasteiger partial charge < -0.3 is 0 Å². The monoisotopic (exact) mass is 198 g/mol. The predicted molar refractivity (Wildman–Crippen MR) is 59.6 cm³/mol. The van der Waals surface area contributed by atoms with Gasteiger partial charge in [-0.15, -0.1) is 0 Å². The van der Waals surface area contributed by atoms with Gasteiger partial charge >= 0.3 is 0 Å². The molecule has 0 radical (unpaired) electrons. The highest BCUT2D eigenvalue weighted by molar-refractivity contribution is 7.90. The average molecular weight is 198 g/mol. The van der Waals surface area contributed by atoms with Gasteiger partial charge in [0.15, 0.2) is 0 Å². The second-order valence-corrected chi connectivity index (χ2v) is 5.38. The fraction of sp³-hybridized carbons (Fsp3) is 0.600. The lowest BCUT2D eigenvalue weighted by Crippen LogP contribution is -1.93. The van der Waals surface area contributed by atoms with Gasteiger partial charge in [0.2, 0.25) is 0 Å². The highest BCUT2D eigenvalue weighted by atomic mass is 31.8. The van der Waals surface area contributed by atoms with Crippen molar-refractivity contribution in [2.24, 2.45) is 0 Å². The molecule has 0 saturated heterocycles. The molecule has 0 amide bonds. The smallest absolute Gasteiger partial charge is 0.0129 e. The van der Waals surface area contributed by atoms with E-state index in [4.69, 9.17) is 0 Å². The minimum absolute atomic E-state index is 1.20. The molecule has 0 nitrogen and oxygen atoms in total. The molecule has 1 aromatic rings. The summed E-state index contributed by atoms with van der Waals surface area (Å²) in [7, 11) is 2.99.